The molecule has 0 saturated carbocycles. The predicted octanol–water partition coefficient (Wildman–Crippen LogP) is 7.51. The summed E-state index contributed by atoms with van der Waals surface area (Å²) in [5.74, 6) is 0.711. The topological polar surface area (TPSA) is 33.0 Å². The molecule has 0 fully saturated rings. The Labute approximate surface area is 180 Å². The lowest BCUT2D eigenvalue weighted by Gasteiger charge is -2.11. The van der Waals surface area contributed by atoms with Crippen LogP contribution in [0.2, 0.25) is 5.02 Å². The molecule has 0 spiro atoms. The van der Waals surface area contributed by atoms with E-state index in [4.69, 9.17) is 16.3 Å². The van der Waals surface area contributed by atoms with Crippen molar-refractivity contribution in [3.63, 3.8) is 0 Å². The third-order valence-electron chi connectivity index (χ3n) is 3.85. The molecule has 0 saturated heterocycles. The highest BCUT2D eigenvalue weighted by molar-refractivity contribution is 9.10. The number of benzene rings is 3. The van der Waals surface area contributed by atoms with Crippen LogP contribution in [0.5, 0.6) is 5.75 Å². The molecular weight excluding hydrogens is 490 g/mol. The molecule has 0 unspecified atom stereocenters. The first-order valence-corrected chi connectivity index (χ1v) is 10.1. The Kier molecular flexibility index (Phi) is 6.73. The largest absolute Gasteiger partial charge is 0.488 e. The van der Waals surface area contributed by atoms with Gasteiger partial charge in [0.15, 0.2) is 0 Å². The number of hydrogen-bond acceptors (Lipinski definition) is 2. The van der Waals surface area contributed by atoms with E-state index in [1.54, 1.807) is 12.1 Å². The quantitative estimate of drug-likeness (QED) is 0.267. The summed E-state index contributed by atoms with van der Waals surface area (Å²) in [6, 6.07) is 23.2. The average molecular weight is 504 g/mol. The van der Waals surface area contributed by atoms with E-state index in [0.29, 0.717) is 23.0 Å². The molecule has 27 heavy (non-hydrogen) atoms. The van der Waals surface area contributed by atoms with E-state index in [-0.39, 0.29) is 0 Å². The van der Waals surface area contributed by atoms with Gasteiger partial charge in [-0.05, 0) is 59.7 Å². The van der Waals surface area contributed by atoms with E-state index in [2.05, 4.69) is 37.9 Å². The number of nitrogens with zero attached hydrogens (tertiary/aromatic N) is 1. The molecule has 0 aliphatic rings. The van der Waals surface area contributed by atoms with Gasteiger partial charge in [-0.3, -0.25) is 0 Å². The molecule has 5 heteroatoms. The number of hydrogen-bond donors (Lipinski definition) is 0. The summed E-state index contributed by atoms with van der Waals surface area (Å²) in [7, 11) is 0. The second-order valence-corrected chi connectivity index (χ2v) is 8.04. The van der Waals surface area contributed by atoms with Gasteiger partial charge in [0.25, 0.3) is 0 Å². The first-order valence-electron chi connectivity index (χ1n) is 8.10. The van der Waals surface area contributed by atoms with Crippen molar-refractivity contribution in [2.45, 2.75) is 6.61 Å². The van der Waals surface area contributed by atoms with Crippen LogP contribution in [0.25, 0.3) is 11.6 Å². The van der Waals surface area contributed by atoms with E-state index >= 15 is 0 Å². The maximum atomic E-state index is 9.60. The predicted molar refractivity (Wildman–Crippen MR) is 118 cm³/mol. The van der Waals surface area contributed by atoms with Crippen LogP contribution in [-0.4, -0.2) is 0 Å². The van der Waals surface area contributed by atoms with E-state index < -0.39 is 0 Å². The number of halogens is 3. The molecule has 0 aliphatic heterocycles. The fraction of sp³-hybridized carbons (Fsp3) is 0.0455. The van der Waals surface area contributed by atoms with Gasteiger partial charge in [0.05, 0.1) is 11.6 Å². The molecule has 134 valence electrons. The lowest BCUT2D eigenvalue weighted by atomic mass is 10.0. The van der Waals surface area contributed by atoms with Gasteiger partial charge < -0.3 is 4.74 Å². The van der Waals surface area contributed by atoms with Crippen LogP contribution in [0.3, 0.4) is 0 Å². The highest BCUT2D eigenvalue weighted by Gasteiger charge is 2.07. The maximum Gasteiger partial charge on any atom is 0.127 e. The summed E-state index contributed by atoms with van der Waals surface area (Å²) >= 11 is 12.9. The summed E-state index contributed by atoms with van der Waals surface area (Å²) in [6.45, 7) is 0.443. The number of ether oxygens (including phenoxy) is 1. The molecule has 0 amide bonds. The molecule has 0 heterocycles. The number of nitriles is 1. The standard InChI is InChI=1S/C22H14Br2ClNO/c23-19-5-1-15(2-6-19)14-27-22-10-7-20(24)12-17(22)11-18(13-26)16-3-8-21(25)9-4-16/h1-12H,14H2/b18-11+. The van der Waals surface area contributed by atoms with Crippen LogP contribution < -0.4 is 4.74 Å². The number of rotatable bonds is 5. The molecule has 0 aromatic heterocycles. The van der Waals surface area contributed by atoms with Crippen molar-refractivity contribution in [3.05, 3.63) is 97.4 Å². The van der Waals surface area contributed by atoms with Crippen molar-refractivity contribution in [2.75, 3.05) is 0 Å². The summed E-state index contributed by atoms with van der Waals surface area (Å²) < 4.78 is 7.95. The fourth-order valence-corrected chi connectivity index (χ4v) is 3.24. The normalized spacial score (nSPS) is 11.1. The minimum atomic E-state index is 0.443. The summed E-state index contributed by atoms with van der Waals surface area (Å²) in [5.41, 5.74) is 3.24. The molecule has 3 aromatic carbocycles. The van der Waals surface area contributed by atoms with Gasteiger partial charge in [-0.25, -0.2) is 0 Å². The van der Waals surface area contributed by atoms with Crippen molar-refractivity contribution in [1.82, 2.24) is 0 Å². The van der Waals surface area contributed by atoms with Gasteiger partial charge in [-0.15, -0.1) is 0 Å². The Morgan fingerprint density at radius 2 is 1.63 bits per heavy atom. The molecule has 0 atom stereocenters. The first-order chi connectivity index (χ1) is 13.0. The Balaban J connectivity index is 1.89. The lowest BCUT2D eigenvalue weighted by Crippen LogP contribution is -1.97. The van der Waals surface area contributed by atoms with E-state index in [1.165, 1.54) is 0 Å². The monoisotopic (exact) mass is 501 g/mol. The zero-order valence-electron chi connectivity index (χ0n) is 14.1. The Bertz CT molecular complexity index is 1010. The zero-order valence-corrected chi connectivity index (χ0v) is 18.1. The van der Waals surface area contributed by atoms with Gasteiger partial charge in [0.2, 0.25) is 0 Å². The summed E-state index contributed by atoms with van der Waals surface area (Å²) in [6.07, 6.45) is 1.82. The molecule has 0 bridgehead atoms. The molecule has 3 aromatic rings. The molecule has 0 radical (unpaired) electrons. The van der Waals surface area contributed by atoms with Gasteiger partial charge in [0.1, 0.15) is 12.4 Å². The van der Waals surface area contributed by atoms with Gasteiger partial charge in [-0.1, -0.05) is 67.7 Å². The van der Waals surface area contributed by atoms with E-state index in [0.717, 1.165) is 25.6 Å². The third-order valence-corrected chi connectivity index (χ3v) is 5.13. The van der Waals surface area contributed by atoms with Crippen molar-refractivity contribution in [2.24, 2.45) is 0 Å². The van der Waals surface area contributed by atoms with Crippen molar-refractivity contribution in [1.29, 1.82) is 5.26 Å². The minimum Gasteiger partial charge on any atom is -0.488 e. The smallest absolute Gasteiger partial charge is 0.127 e. The lowest BCUT2D eigenvalue weighted by molar-refractivity contribution is 0.305. The SMILES string of the molecule is N#C/C(=C\c1cc(Br)ccc1OCc1ccc(Br)cc1)c1ccc(Cl)cc1. The summed E-state index contributed by atoms with van der Waals surface area (Å²) in [4.78, 5) is 0. The zero-order chi connectivity index (χ0) is 19.2. The Morgan fingerprint density at radius 3 is 2.30 bits per heavy atom. The van der Waals surface area contributed by atoms with Crippen LogP contribution in [0.1, 0.15) is 16.7 Å². The Morgan fingerprint density at radius 1 is 0.963 bits per heavy atom. The molecule has 3 rings (SSSR count). The highest BCUT2D eigenvalue weighted by Crippen LogP contribution is 2.29. The van der Waals surface area contributed by atoms with Gasteiger partial charge >= 0.3 is 0 Å². The first kappa shape index (κ1) is 19.7. The van der Waals surface area contributed by atoms with E-state index in [1.807, 2.05) is 60.7 Å². The minimum absolute atomic E-state index is 0.443. The van der Waals surface area contributed by atoms with Crippen LogP contribution in [-0.2, 0) is 6.61 Å². The average Bonchev–Trinajstić information content (AvgIpc) is 2.67. The van der Waals surface area contributed by atoms with Gasteiger partial charge in [-0.2, -0.15) is 5.26 Å². The van der Waals surface area contributed by atoms with Gasteiger partial charge in [0, 0.05) is 19.5 Å². The van der Waals surface area contributed by atoms with Crippen LogP contribution in [0, 0.1) is 11.3 Å². The van der Waals surface area contributed by atoms with Crippen molar-refractivity contribution >= 4 is 55.1 Å². The highest BCUT2D eigenvalue weighted by atomic mass is 79.9. The maximum absolute atomic E-state index is 9.60. The van der Waals surface area contributed by atoms with Crippen LogP contribution >= 0.6 is 43.5 Å². The number of allylic oxidation sites excluding steroid dienone is 1. The van der Waals surface area contributed by atoms with E-state index in [9.17, 15) is 5.26 Å². The fourth-order valence-electron chi connectivity index (χ4n) is 2.47. The second-order valence-electron chi connectivity index (χ2n) is 5.77. The van der Waals surface area contributed by atoms with Crippen LogP contribution in [0.4, 0.5) is 0 Å². The van der Waals surface area contributed by atoms with Crippen molar-refractivity contribution < 1.29 is 4.74 Å². The van der Waals surface area contributed by atoms with Crippen molar-refractivity contribution in [3.8, 4) is 11.8 Å². The molecule has 0 N–H and O–H groups in total. The molecular formula is C22H14Br2ClNO. The molecule has 0 aliphatic carbocycles. The molecule has 2 nitrogen and oxygen atoms in total. The third kappa shape index (κ3) is 5.46. The second kappa shape index (κ2) is 9.23. The summed E-state index contributed by atoms with van der Waals surface area (Å²) in [5, 5.41) is 10.2. The Hall–Kier alpha value is -2.06. The van der Waals surface area contributed by atoms with Crippen LogP contribution in [0.15, 0.2) is 75.7 Å².